The molecule has 2 rings (SSSR count). The van der Waals surface area contributed by atoms with Gasteiger partial charge in [-0.25, -0.2) is 0 Å². The van der Waals surface area contributed by atoms with Crippen molar-refractivity contribution in [3.63, 3.8) is 0 Å². The monoisotopic (exact) mass is 205 g/mol. The summed E-state index contributed by atoms with van der Waals surface area (Å²) in [6, 6.07) is 4.28. The molecule has 0 atom stereocenters. The summed E-state index contributed by atoms with van der Waals surface area (Å²) in [5.41, 5.74) is 7.96. The van der Waals surface area contributed by atoms with Crippen LogP contribution in [0.1, 0.15) is 25.0 Å². The summed E-state index contributed by atoms with van der Waals surface area (Å²) in [4.78, 5) is 6.77. The molecular weight excluding hydrogens is 186 g/mol. The quantitative estimate of drug-likeness (QED) is 0.814. The number of nitrogens with two attached hydrogens (primary N) is 1. The number of pyridine rings is 1. The molecule has 3 nitrogen and oxygen atoms in total. The SMILES string of the molecule is NCCc1cc(N2CCCCC2)ccn1. The molecule has 1 aliphatic heterocycles. The van der Waals surface area contributed by atoms with Crippen molar-refractivity contribution in [3.05, 3.63) is 24.0 Å². The van der Waals surface area contributed by atoms with Crippen molar-refractivity contribution in [2.75, 3.05) is 24.5 Å². The Hall–Kier alpha value is -1.09. The minimum atomic E-state index is 0.677. The summed E-state index contributed by atoms with van der Waals surface area (Å²) in [6.45, 7) is 3.05. The second kappa shape index (κ2) is 5.12. The smallest absolute Gasteiger partial charge is 0.0436 e. The Kier molecular flexibility index (Phi) is 3.56. The second-order valence-corrected chi connectivity index (χ2v) is 4.09. The molecule has 0 aliphatic carbocycles. The first kappa shape index (κ1) is 10.4. The zero-order valence-electron chi connectivity index (χ0n) is 9.15. The molecule has 15 heavy (non-hydrogen) atoms. The highest BCUT2D eigenvalue weighted by atomic mass is 15.1. The van der Waals surface area contributed by atoms with Crippen LogP contribution in [0, 0.1) is 0 Å². The van der Waals surface area contributed by atoms with Crippen LogP contribution in [-0.4, -0.2) is 24.6 Å². The number of nitrogens with zero attached hydrogens (tertiary/aromatic N) is 2. The van der Waals surface area contributed by atoms with E-state index in [2.05, 4.69) is 22.0 Å². The number of anilines is 1. The molecule has 0 spiro atoms. The molecule has 0 aromatic carbocycles. The molecule has 3 heteroatoms. The molecule has 0 bridgehead atoms. The van der Waals surface area contributed by atoms with Crippen molar-refractivity contribution in [3.8, 4) is 0 Å². The van der Waals surface area contributed by atoms with E-state index < -0.39 is 0 Å². The largest absolute Gasteiger partial charge is 0.371 e. The van der Waals surface area contributed by atoms with Gasteiger partial charge in [-0.05, 0) is 37.9 Å². The zero-order chi connectivity index (χ0) is 10.5. The maximum atomic E-state index is 5.54. The van der Waals surface area contributed by atoms with Gasteiger partial charge in [0.15, 0.2) is 0 Å². The summed E-state index contributed by atoms with van der Waals surface area (Å²) in [6.07, 6.45) is 6.77. The normalized spacial score (nSPS) is 16.7. The molecule has 1 saturated heterocycles. The van der Waals surface area contributed by atoms with Crippen LogP contribution in [0.25, 0.3) is 0 Å². The standard InChI is InChI=1S/C12H19N3/c13-6-4-11-10-12(5-7-14-11)15-8-2-1-3-9-15/h5,7,10H,1-4,6,8-9,13H2. The maximum Gasteiger partial charge on any atom is 0.0436 e. The molecule has 2 heterocycles. The van der Waals surface area contributed by atoms with E-state index >= 15 is 0 Å². The van der Waals surface area contributed by atoms with Crippen molar-refractivity contribution in [2.45, 2.75) is 25.7 Å². The lowest BCUT2D eigenvalue weighted by atomic mass is 10.1. The van der Waals surface area contributed by atoms with E-state index in [-0.39, 0.29) is 0 Å². The van der Waals surface area contributed by atoms with Gasteiger partial charge < -0.3 is 10.6 Å². The Morgan fingerprint density at radius 1 is 1.27 bits per heavy atom. The summed E-state index contributed by atoms with van der Waals surface area (Å²) >= 11 is 0. The molecule has 2 N–H and O–H groups in total. The molecule has 0 amide bonds. The molecular formula is C12H19N3. The summed E-state index contributed by atoms with van der Waals surface area (Å²) in [7, 11) is 0. The van der Waals surface area contributed by atoms with E-state index in [1.807, 2.05) is 6.20 Å². The van der Waals surface area contributed by atoms with E-state index in [0.29, 0.717) is 6.54 Å². The van der Waals surface area contributed by atoms with E-state index in [1.165, 1.54) is 38.0 Å². The highest BCUT2D eigenvalue weighted by molar-refractivity contribution is 5.46. The van der Waals surface area contributed by atoms with Crippen LogP contribution in [0.3, 0.4) is 0 Å². The zero-order valence-corrected chi connectivity index (χ0v) is 9.15. The molecule has 1 fully saturated rings. The Morgan fingerprint density at radius 2 is 2.07 bits per heavy atom. The van der Waals surface area contributed by atoms with Crippen LogP contribution in [0.4, 0.5) is 5.69 Å². The molecule has 1 aliphatic rings. The molecule has 0 unspecified atom stereocenters. The Labute approximate surface area is 91.3 Å². The van der Waals surface area contributed by atoms with Gasteiger partial charge in [0, 0.05) is 37.1 Å². The van der Waals surface area contributed by atoms with Crippen molar-refractivity contribution < 1.29 is 0 Å². The van der Waals surface area contributed by atoms with Crippen molar-refractivity contribution in [1.29, 1.82) is 0 Å². The summed E-state index contributed by atoms with van der Waals surface area (Å²) < 4.78 is 0. The predicted octanol–water partition coefficient (Wildman–Crippen LogP) is 1.57. The van der Waals surface area contributed by atoms with Gasteiger partial charge in [0.05, 0.1) is 0 Å². The van der Waals surface area contributed by atoms with Crippen LogP contribution < -0.4 is 10.6 Å². The van der Waals surface area contributed by atoms with Crippen molar-refractivity contribution in [1.82, 2.24) is 4.98 Å². The third-order valence-corrected chi connectivity index (χ3v) is 2.92. The van der Waals surface area contributed by atoms with Gasteiger partial charge >= 0.3 is 0 Å². The molecule has 1 aromatic heterocycles. The number of hydrogen-bond acceptors (Lipinski definition) is 3. The molecule has 1 aromatic rings. The van der Waals surface area contributed by atoms with Crippen LogP contribution in [-0.2, 0) is 6.42 Å². The van der Waals surface area contributed by atoms with Gasteiger partial charge in [0.2, 0.25) is 0 Å². The third kappa shape index (κ3) is 2.69. The van der Waals surface area contributed by atoms with Gasteiger partial charge in [-0.1, -0.05) is 0 Å². The van der Waals surface area contributed by atoms with Gasteiger partial charge in [0.1, 0.15) is 0 Å². The van der Waals surface area contributed by atoms with Crippen LogP contribution in [0.2, 0.25) is 0 Å². The lowest BCUT2D eigenvalue weighted by Crippen LogP contribution is -2.29. The van der Waals surface area contributed by atoms with Gasteiger partial charge in [-0.2, -0.15) is 0 Å². The highest BCUT2D eigenvalue weighted by Gasteiger charge is 2.10. The van der Waals surface area contributed by atoms with Crippen LogP contribution >= 0.6 is 0 Å². The predicted molar refractivity (Wildman–Crippen MR) is 63.1 cm³/mol. The Balaban J connectivity index is 2.09. The fraction of sp³-hybridized carbons (Fsp3) is 0.583. The first-order valence-corrected chi connectivity index (χ1v) is 5.80. The van der Waals surface area contributed by atoms with Crippen molar-refractivity contribution >= 4 is 5.69 Å². The molecule has 82 valence electrons. The minimum Gasteiger partial charge on any atom is -0.371 e. The number of aromatic nitrogens is 1. The molecule has 0 radical (unpaired) electrons. The van der Waals surface area contributed by atoms with Crippen LogP contribution in [0.15, 0.2) is 18.3 Å². The van der Waals surface area contributed by atoms with Gasteiger partial charge in [0.25, 0.3) is 0 Å². The third-order valence-electron chi connectivity index (χ3n) is 2.92. The number of rotatable bonds is 3. The minimum absolute atomic E-state index is 0.677. The van der Waals surface area contributed by atoms with Crippen molar-refractivity contribution in [2.24, 2.45) is 5.73 Å². The first-order valence-electron chi connectivity index (χ1n) is 5.80. The summed E-state index contributed by atoms with van der Waals surface area (Å²) in [5, 5.41) is 0. The second-order valence-electron chi connectivity index (χ2n) is 4.09. The first-order chi connectivity index (χ1) is 7.40. The van der Waals surface area contributed by atoms with E-state index in [1.54, 1.807) is 0 Å². The van der Waals surface area contributed by atoms with E-state index in [9.17, 15) is 0 Å². The fourth-order valence-corrected chi connectivity index (χ4v) is 2.10. The lowest BCUT2D eigenvalue weighted by Gasteiger charge is -2.28. The maximum absolute atomic E-state index is 5.54. The Bertz CT molecular complexity index is 305. The summed E-state index contributed by atoms with van der Waals surface area (Å²) in [5.74, 6) is 0. The topological polar surface area (TPSA) is 42.1 Å². The average Bonchev–Trinajstić information content (AvgIpc) is 2.31. The number of hydrogen-bond donors (Lipinski definition) is 1. The Morgan fingerprint density at radius 3 is 2.80 bits per heavy atom. The highest BCUT2D eigenvalue weighted by Crippen LogP contribution is 2.19. The van der Waals surface area contributed by atoms with Gasteiger partial charge in [-0.15, -0.1) is 0 Å². The van der Waals surface area contributed by atoms with E-state index in [4.69, 9.17) is 5.73 Å². The average molecular weight is 205 g/mol. The molecule has 0 saturated carbocycles. The van der Waals surface area contributed by atoms with Crippen LogP contribution in [0.5, 0.6) is 0 Å². The lowest BCUT2D eigenvalue weighted by molar-refractivity contribution is 0.577. The van der Waals surface area contributed by atoms with Gasteiger partial charge in [-0.3, -0.25) is 4.98 Å². The number of piperidine rings is 1. The van der Waals surface area contributed by atoms with E-state index in [0.717, 1.165) is 12.1 Å². The fourth-order valence-electron chi connectivity index (χ4n) is 2.10.